The zero-order chi connectivity index (χ0) is 23.5. The molecule has 1 aliphatic heterocycles. The first-order valence-corrected chi connectivity index (χ1v) is 11.0. The van der Waals surface area contributed by atoms with Crippen molar-refractivity contribution >= 4 is 22.6 Å². The van der Waals surface area contributed by atoms with Gasteiger partial charge in [0, 0.05) is 46.9 Å². The van der Waals surface area contributed by atoms with Crippen LogP contribution in [-0.4, -0.2) is 19.1 Å². The molecule has 4 rings (SSSR count). The van der Waals surface area contributed by atoms with Crippen molar-refractivity contribution in [3.05, 3.63) is 70.6 Å². The van der Waals surface area contributed by atoms with E-state index in [9.17, 15) is 4.79 Å². The zero-order valence-electron chi connectivity index (χ0n) is 19.3. The van der Waals surface area contributed by atoms with E-state index in [1.807, 2.05) is 43.3 Å². The number of carbonyl (C=O) groups is 1. The standard InChI is InChI=1S/C28H26N2O3/c1-6-29-23-15-25-21(13-17(23)4)27(19-11-9-10-12-20(19)28(31)32-8-3)22-14-18(5)24(30-7-2)16-26(22)33-25/h1,9-16,30H,7-8H2,2-5H3. The van der Waals surface area contributed by atoms with Gasteiger partial charge in [-0.2, -0.15) is 4.99 Å². The maximum Gasteiger partial charge on any atom is 0.338 e. The molecule has 2 aromatic carbocycles. The Morgan fingerprint density at radius 2 is 1.88 bits per heavy atom. The summed E-state index contributed by atoms with van der Waals surface area (Å²) in [7, 11) is 0. The molecular formula is C28H26N2O3. The molecule has 166 valence electrons. The Balaban J connectivity index is 2.17. The highest BCUT2D eigenvalue weighted by Crippen LogP contribution is 2.42. The van der Waals surface area contributed by atoms with Crippen molar-refractivity contribution in [2.75, 3.05) is 18.5 Å². The number of hydrogen-bond donors (Lipinski definition) is 1. The molecule has 1 heterocycles. The van der Waals surface area contributed by atoms with Crippen LogP contribution in [0.3, 0.4) is 0 Å². The van der Waals surface area contributed by atoms with Crippen molar-refractivity contribution in [1.29, 1.82) is 0 Å². The number of rotatable bonds is 5. The molecule has 0 unspecified atom stereocenters. The summed E-state index contributed by atoms with van der Waals surface area (Å²) in [6, 6.07) is 17.8. The van der Waals surface area contributed by atoms with Gasteiger partial charge in [-0.1, -0.05) is 24.6 Å². The molecule has 2 aromatic rings. The van der Waals surface area contributed by atoms with Gasteiger partial charge in [0.1, 0.15) is 11.3 Å². The van der Waals surface area contributed by atoms with Crippen molar-refractivity contribution in [3.63, 3.8) is 0 Å². The van der Waals surface area contributed by atoms with E-state index >= 15 is 0 Å². The summed E-state index contributed by atoms with van der Waals surface area (Å²) in [5.41, 5.74) is 6.80. The summed E-state index contributed by atoms with van der Waals surface area (Å²) in [5.74, 6) is 0.286. The molecule has 1 aliphatic carbocycles. The van der Waals surface area contributed by atoms with Crippen LogP contribution in [-0.2, 0) is 4.74 Å². The van der Waals surface area contributed by atoms with Crippen molar-refractivity contribution in [2.45, 2.75) is 27.7 Å². The minimum Gasteiger partial charge on any atom is -0.462 e. The minimum atomic E-state index is -0.355. The number of nitrogens with zero attached hydrogens (tertiary/aromatic N) is 1. The number of terminal acetylenes is 1. The molecule has 1 N–H and O–H groups in total. The Morgan fingerprint density at radius 1 is 1.09 bits per heavy atom. The molecular weight excluding hydrogens is 412 g/mol. The number of aryl methyl sites for hydroxylation is 2. The summed E-state index contributed by atoms with van der Waals surface area (Å²) in [6.45, 7) is 8.97. The van der Waals surface area contributed by atoms with E-state index in [1.165, 1.54) is 0 Å². The van der Waals surface area contributed by atoms with Crippen LogP contribution < -0.4 is 10.7 Å². The summed E-state index contributed by atoms with van der Waals surface area (Å²) >= 11 is 0. The van der Waals surface area contributed by atoms with Gasteiger partial charge in [-0.3, -0.25) is 0 Å². The largest absolute Gasteiger partial charge is 0.462 e. The van der Waals surface area contributed by atoms with Crippen LogP contribution in [0, 0.1) is 26.3 Å². The monoisotopic (exact) mass is 438 g/mol. The fraction of sp³-hybridized carbons (Fsp3) is 0.214. The minimum absolute atomic E-state index is 0.306. The van der Waals surface area contributed by atoms with Crippen LogP contribution in [0.2, 0.25) is 0 Å². The van der Waals surface area contributed by atoms with Crippen molar-refractivity contribution in [3.8, 4) is 34.9 Å². The Morgan fingerprint density at radius 3 is 2.61 bits per heavy atom. The lowest BCUT2D eigenvalue weighted by Gasteiger charge is -2.19. The first-order valence-electron chi connectivity index (χ1n) is 11.0. The van der Waals surface area contributed by atoms with Crippen LogP contribution in [0.15, 0.2) is 57.9 Å². The average Bonchev–Trinajstić information content (AvgIpc) is 2.80. The quantitative estimate of drug-likeness (QED) is 0.239. The molecule has 2 aliphatic rings. The highest BCUT2D eigenvalue weighted by atomic mass is 16.5. The zero-order valence-corrected chi connectivity index (χ0v) is 19.3. The predicted molar refractivity (Wildman–Crippen MR) is 132 cm³/mol. The van der Waals surface area contributed by atoms with Crippen LogP contribution >= 0.6 is 0 Å². The molecule has 0 atom stereocenters. The number of fused-ring (bicyclic) bond motifs is 2. The number of ether oxygens (including phenoxy) is 1. The number of benzene rings is 3. The van der Waals surface area contributed by atoms with Crippen LogP contribution in [0.5, 0.6) is 0 Å². The fourth-order valence-electron chi connectivity index (χ4n) is 4.14. The fourth-order valence-corrected chi connectivity index (χ4v) is 4.14. The van der Waals surface area contributed by atoms with Gasteiger partial charge in [0.05, 0.1) is 17.5 Å². The number of carbonyl (C=O) groups excluding carboxylic acids is 1. The molecule has 0 fully saturated rings. The maximum absolute atomic E-state index is 12.8. The lowest BCUT2D eigenvalue weighted by molar-refractivity contribution is 0.0527. The number of nitrogens with one attached hydrogen (secondary N) is 1. The highest BCUT2D eigenvalue weighted by molar-refractivity contribution is 6.08. The molecule has 33 heavy (non-hydrogen) atoms. The summed E-state index contributed by atoms with van der Waals surface area (Å²) in [6.07, 6.45) is 5.43. The van der Waals surface area contributed by atoms with E-state index in [4.69, 9.17) is 15.6 Å². The molecule has 0 bridgehead atoms. The van der Waals surface area contributed by atoms with E-state index in [-0.39, 0.29) is 5.97 Å². The Bertz CT molecular complexity index is 1440. The van der Waals surface area contributed by atoms with Crippen molar-refractivity contribution < 1.29 is 13.9 Å². The van der Waals surface area contributed by atoms with Gasteiger partial charge in [0.2, 0.25) is 0 Å². The van der Waals surface area contributed by atoms with E-state index in [1.54, 1.807) is 13.0 Å². The first-order chi connectivity index (χ1) is 16.0. The first kappa shape index (κ1) is 22.2. The van der Waals surface area contributed by atoms with E-state index in [0.717, 1.165) is 45.4 Å². The molecule has 0 saturated heterocycles. The van der Waals surface area contributed by atoms with E-state index in [0.29, 0.717) is 28.9 Å². The molecule has 0 saturated carbocycles. The SMILES string of the molecule is C#CN=c1cc2oc3cc(NCC)c(C)cc3c(-c3ccccc3C(=O)OCC)c-2cc1C. The summed E-state index contributed by atoms with van der Waals surface area (Å²) in [4.78, 5) is 17.0. The molecule has 5 nitrogen and oxygen atoms in total. The smallest absolute Gasteiger partial charge is 0.338 e. The number of anilines is 1. The van der Waals surface area contributed by atoms with Gasteiger partial charge < -0.3 is 14.5 Å². The number of esters is 1. The normalized spacial score (nSPS) is 11.5. The molecule has 0 aromatic heterocycles. The van der Waals surface area contributed by atoms with Crippen molar-refractivity contribution in [1.82, 2.24) is 0 Å². The second-order valence-electron chi connectivity index (χ2n) is 7.81. The third kappa shape index (κ3) is 4.08. The van der Waals surface area contributed by atoms with Gasteiger partial charge in [-0.15, -0.1) is 0 Å². The van der Waals surface area contributed by atoms with Crippen LogP contribution in [0.25, 0.3) is 33.4 Å². The predicted octanol–water partition coefficient (Wildman–Crippen LogP) is 5.92. The molecule has 0 spiro atoms. The van der Waals surface area contributed by atoms with Gasteiger partial charge in [0.25, 0.3) is 0 Å². The Hall–Kier alpha value is -4.04. The van der Waals surface area contributed by atoms with Gasteiger partial charge >= 0.3 is 5.97 Å². The molecule has 5 heteroatoms. The number of hydrogen-bond acceptors (Lipinski definition) is 5. The Labute approximate surface area is 193 Å². The summed E-state index contributed by atoms with van der Waals surface area (Å²) < 4.78 is 11.7. The maximum atomic E-state index is 12.8. The third-order valence-corrected chi connectivity index (χ3v) is 5.63. The second kappa shape index (κ2) is 9.22. The highest BCUT2D eigenvalue weighted by Gasteiger charge is 2.23. The Kier molecular flexibility index (Phi) is 6.19. The topological polar surface area (TPSA) is 63.8 Å². The van der Waals surface area contributed by atoms with Crippen molar-refractivity contribution in [2.24, 2.45) is 4.99 Å². The average molecular weight is 439 g/mol. The lowest BCUT2D eigenvalue weighted by atomic mass is 9.89. The second-order valence-corrected chi connectivity index (χ2v) is 7.81. The lowest BCUT2D eigenvalue weighted by Crippen LogP contribution is -2.09. The van der Waals surface area contributed by atoms with Gasteiger partial charge in [0.15, 0.2) is 0 Å². The van der Waals surface area contributed by atoms with Gasteiger partial charge in [-0.25, -0.2) is 4.79 Å². The third-order valence-electron chi connectivity index (χ3n) is 5.63. The van der Waals surface area contributed by atoms with Crippen LogP contribution in [0.1, 0.15) is 35.3 Å². The van der Waals surface area contributed by atoms with E-state index < -0.39 is 0 Å². The van der Waals surface area contributed by atoms with Gasteiger partial charge in [-0.05, 0) is 62.6 Å². The van der Waals surface area contributed by atoms with E-state index in [2.05, 4.69) is 36.3 Å². The molecule has 0 amide bonds. The molecule has 0 radical (unpaired) electrons. The summed E-state index contributed by atoms with van der Waals surface area (Å²) in [5, 5.41) is 4.98. The van der Waals surface area contributed by atoms with Crippen LogP contribution in [0.4, 0.5) is 5.69 Å².